The van der Waals surface area contributed by atoms with Crippen LogP contribution in [0, 0.1) is 6.92 Å². The van der Waals surface area contributed by atoms with E-state index in [4.69, 9.17) is 9.15 Å². The Balaban J connectivity index is 1.51. The Morgan fingerprint density at radius 2 is 1.93 bits per heavy atom. The summed E-state index contributed by atoms with van der Waals surface area (Å²) < 4.78 is 10.5. The van der Waals surface area contributed by atoms with Crippen molar-refractivity contribution < 1.29 is 23.5 Å². The fourth-order valence-corrected chi connectivity index (χ4v) is 2.91. The third kappa shape index (κ3) is 4.55. The second-order valence-corrected chi connectivity index (χ2v) is 6.53. The molecule has 1 aliphatic heterocycles. The molecule has 7 heteroatoms. The molecule has 1 aromatic carbocycles. The second-order valence-electron chi connectivity index (χ2n) is 6.53. The Morgan fingerprint density at radius 3 is 2.52 bits per heavy atom. The van der Waals surface area contributed by atoms with Gasteiger partial charge in [-0.1, -0.05) is 0 Å². The molecule has 3 rings (SSSR count). The van der Waals surface area contributed by atoms with Gasteiger partial charge >= 0.3 is 5.97 Å². The van der Waals surface area contributed by atoms with Gasteiger partial charge in [0.2, 0.25) is 5.91 Å². The smallest absolute Gasteiger partial charge is 0.338 e. The van der Waals surface area contributed by atoms with Gasteiger partial charge in [0.1, 0.15) is 11.5 Å². The summed E-state index contributed by atoms with van der Waals surface area (Å²) in [5.41, 5.74) is 1.10. The minimum atomic E-state index is -0.579. The number of ether oxygens (including phenoxy) is 1. The molecule has 1 fully saturated rings. The van der Waals surface area contributed by atoms with E-state index in [2.05, 4.69) is 0 Å². The minimum Gasteiger partial charge on any atom is -0.464 e. The standard InChI is InChI=1S/C20H22N2O5/c1-14-5-10-17(27-14)12-21(2)19(24)13-26-20(25)15-6-8-16(9-7-15)22-11-3-4-18(22)23/h5-10H,3-4,11-13H2,1-2H3. The largest absolute Gasteiger partial charge is 0.464 e. The number of nitrogens with zero attached hydrogens (tertiary/aromatic N) is 2. The number of benzene rings is 1. The van der Waals surface area contributed by atoms with Crippen LogP contribution in [0.1, 0.15) is 34.7 Å². The van der Waals surface area contributed by atoms with Crippen molar-refractivity contribution >= 4 is 23.5 Å². The van der Waals surface area contributed by atoms with E-state index in [1.807, 2.05) is 13.0 Å². The van der Waals surface area contributed by atoms with Gasteiger partial charge in [0.15, 0.2) is 6.61 Å². The Labute approximate surface area is 157 Å². The molecule has 0 unspecified atom stereocenters. The maximum atomic E-state index is 12.1. The van der Waals surface area contributed by atoms with Crippen LogP contribution >= 0.6 is 0 Å². The predicted molar refractivity (Wildman–Crippen MR) is 98.2 cm³/mol. The van der Waals surface area contributed by atoms with Crippen molar-refractivity contribution in [3.63, 3.8) is 0 Å². The first kappa shape index (κ1) is 18.7. The maximum absolute atomic E-state index is 12.1. The summed E-state index contributed by atoms with van der Waals surface area (Å²) in [5, 5.41) is 0. The number of rotatable bonds is 6. The van der Waals surface area contributed by atoms with Crippen molar-refractivity contribution in [1.29, 1.82) is 0 Å². The first-order valence-electron chi connectivity index (χ1n) is 8.81. The molecule has 142 valence electrons. The number of esters is 1. The zero-order chi connectivity index (χ0) is 19.4. The Bertz CT molecular complexity index is 840. The molecule has 0 atom stereocenters. The van der Waals surface area contributed by atoms with Crippen LogP contribution in [-0.4, -0.2) is 42.9 Å². The number of aryl methyl sites for hydroxylation is 1. The molecule has 1 saturated heterocycles. The molecule has 2 heterocycles. The van der Waals surface area contributed by atoms with Gasteiger partial charge in [-0.05, 0) is 49.7 Å². The van der Waals surface area contributed by atoms with Gasteiger partial charge in [-0.15, -0.1) is 0 Å². The van der Waals surface area contributed by atoms with Crippen LogP contribution in [-0.2, 0) is 20.9 Å². The van der Waals surface area contributed by atoms with E-state index >= 15 is 0 Å². The summed E-state index contributed by atoms with van der Waals surface area (Å²) in [5.74, 6) is 0.630. The van der Waals surface area contributed by atoms with E-state index in [1.54, 1.807) is 42.3 Å². The monoisotopic (exact) mass is 370 g/mol. The molecule has 0 bridgehead atoms. The van der Waals surface area contributed by atoms with Gasteiger partial charge in [0, 0.05) is 25.7 Å². The average molecular weight is 370 g/mol. The van der Waals surface area contributed by atoms with Crippen molar-refractivity contribution in [2.75, 3.05) is 25.1 Å². The van der Waals surface area contributed by atoms with E-state index < -0.39 is 5.97 Å². The number of carbonyl (C=O) groups excluding carboxylic acids is 3. The Hall–Kier alpha value is -3.09. The Kier molecular flexibility index (Phi) is 5.59. The summed E-state index contributed by atoms with van der Waals surface area (Å²) in [7, 11) is 1.62. The van der Waals surface area contributed by atoms with Crippen LogP contribution in [0.4, 0.5) is 5.69 Å². The van der Waals surface area contributed by atoms with Crippen LogP contribution in [0.2, 0.25) is 0 Å². The van der Waals surface area contributed by atoms with Gasteiger partial charge in [-0.3, -0.25) is 9.59 Å². The van der Waals surface area contributed by atoms with Crippen molar-refractivity contribution in [3.05, 3.63) is 53.5 Å². The molecule has 0 radical (unpaired) electrons. The van der Waals surface area contributed by atoms with E-state index in [9.17, 15) is 14.4 Å². The van der Waals surface area contributed by atoms with E-state index in [1.165, 1.54) is 4.90 Å². The first-order valence-corrected chi connectivity index (χ1v) is 8.81. The summed E-state index contributed by atoms with van der Waals surface area (Å²) >= 11 is 0. The number of furan rings is 1. The fourth-order valence-electron chi connectivity index (χ4n) is 2.91. The zero-order valence-corrected chi connectivity index (χ0v) is 15.4. The Morgan fingerprint density at radius 1 is 1.19 bits per heavy atom. The van der Waals surface area contributed by atoms with Gasteiger partial charge in [-0.25, -0.2) is 4.79 Å². The lowest BCUT2D eigenvalue weighted by Crippen LogP contribution is -2.30. The molecule has 7 nitrogen and oxygen atoms in total. The highest BCUT2D eigenvalue weighted by Crippen LogP contribution is 2.21. The number of hydrogen-bond acceptors (Lipinski definition) is 5. The van der Waals surface area contributed by atoms with Crippen molar-refractivity contribution in [2.24, 2.45) is 0 Å². The van der Waals surface area contributed by atoms with Crippen molar-refractivity contribution in [2.45, 2.75) is 26.3 Å². The zero-order valence-electron chi connectivity index (χ0n) is 15.4. The fraction of sp³-hybridized carbons (Fsp3) is 0.350. The molecule has 27 heavy (non-hydrogen) atoms. The lowest BCUT2D eigenvalue weighted by Gasteiger charge is -2.16. The topological polar surface area (TPSA) is 80.1 Å². The van der Waals surface area contributed by atoms with Crippen LogP contribution in [0.15, 0.2) is 40.8 Å². The highest BCUT2D eigenvalue weighted by molar-refractivity contribution is 5.96. The molecular formula is C20H22N2O5. The highest BCUT2D eigenvalue weighted by atomic mass is 16.5. The number of carbonyl (C=O) groups is 3. The van der Waals surface area contributed by atoms with Gasteiger partial charge in [0.05, 0.1) is 12.1 Å². The summed E-state index contributed by atoms with van der Waals surface area (Å²) in [4.78, 5) is 39.1. The van der Waals surface area contributed by atoms with Gasteiger partial charge < -0.3 is 19.0 Å². The van der Waals surface area contributed by atoms with Crippen LogP contribution in [0.25, 0.3) is 0 Å². The second kappa shape index (κ2) is 8.07. The van der Waals surface area contributed by atoms with Gasteiger partial charge in [0.25, 0.3) is 5.91 Å². The molecule has 0 N–H and O–H groups in total. The lowest BCUT2D eigenvalue weighted by atomic mass is 10.2. The third-order valence-corrected chi connectivity index (χ3v) is 4.43. The molecule has 0 spiro atoms. The van der Waals surface area contributed by atoms with E-state index in [0.29, 0.717) is 30.8 Å². The molecular weight excluding hydrogens is 348 g/mol. The molecule has 0 aliphatic carbocycles. The average Bonchev–Trinajstić information content (AvgIpc) is 3.27. The molecule has 2 amide bonds. The van der Waals surface area contributed by atoms with Crippen LogP contribution < -0.4 is 4.90 Å². The molecule has 1 aromatic heterocycles. The summed E-state index contributed by atoms with van der Waals surface area (Å²) in [6.45, 7) is 2.49. The third-order valence-electron chi connectivity index (χ3n) is 4.43. The maximum Gasteiger partial charge on any atom is 0.338 e. The quantitative estimate of drug-likeness (QED) is 0.730. The van der Waals surface area contributed by atoms with Gasteiger partial charge in [-0.2, -0.15) is 0 Å². The SMILES string of the molecule is Cc1ccc(CN(C)C(=O)COC(=O)c2ccc(N3CCCC3=O)cc2)o1. The molecule has 0 saturated carbocycles. The normalized spacial score (nSPS) is 13.7. The van der Waals surface area contributed by atoms with E-state index in [0.717, 1.165) is 17.9 Å². The number of hydrogen-bond donors (Lipinski definition) is 0. The van der Waals surface area contributed by atoms with E-state index in [-0.39, 0.29) is 18.4 Å². The highest BCUT2D eigenvalue weighted by Gasteiger charge is 2.22. The first-order chi connectivity index (χ1) is 12.9. The summed E-state index contributed by atoms with van der Waals surface area (Å²) in [6.07, 6.45) is 1.40. The van der Waals surface area contributed by atoms with Crippen LogP contribution in [0.5, 0.6) is 0 Å². The summed E-state index contributed by atoms with van der Waals surface area (Å²) in [6, 6.07) is 10.3. The van der Waals surface area contributed by atoms with Crippen molar-refractivity contribution in [3.8, 4) is 0 Å². The number of amides is 2. The predicted octanol–water partition coefficient (Wildman–Crippen LogP) is 2.53. The lowest BCUT2D eigenvalue weighted by molar-refractivity contribution is -0.134. The van der Waals surface area contributed by atoms with Crippen LogP contribution in [0.3, 0.4) is 0 Å². The minimum absolute atomic E-state index is 0.0886. The number of likely N-dealkylation sites (N-methyl/N-ethyl adjacent to an activating group) is 1. The molecule has 1 aliphatic rings. The molecule has 2 aromatic rings. The van der Waals surface area contributed by atoms with Crippen molar-refractivity contribution in [1.82, 2.24) is 4.90 Å². The number of anilines is 1.